The molecule has 1 aromatic carbocycles. The first-order valence-corrected chi connectivity index (χ1v) is 14.3. The second kappa shape index (κ2) is 9.44. The quantitative estimate of drug-likeness (QED) is 0.510. The molecule has 0 saturated heterocycles. The van der Waals surface area contributed by atoms with Crippen LogP contribution in [0, 0.1) is 34.5 Å². The monoisotopic (exact) mass is 546 g/mol. The number of hydrogen-bond donors (Lipinski definition) is 2. The molecule has 0 amide bonds. The van der Waals surface area contributed by atoms with Crippen LogP contribution in [0.5, 0.6) is 5.75 Å². The van der Waals surface area contributed by atoms with Gasteiger partial charge in [-0.25, -0.2) is 0 Å². The standard InChI is InChI=1S/C33H38O7/c1-17(2)25-27(36)23(18(3)34)29(38)33(40)30(39)26-28(37)24-21(15-31(26,4)16-32(25,33)5)20(13-14-22(24)35)12-8-11-19-9-6-7-10-19/h6-7,9,13-14,17,23,25-26,35,40H,8,10-12,15-16H2,1-5H3/t23?,25?,26?,31-,32-,33+/m1/s1. The van der Waals surface area contributed by atoms with Crippen LogP contribution in [0.1, 0.15) is 81.8 Å². The molecule has 0 heterocycles. The van der Waals surface area contributed by atoms with Crippen LogP contribution < -0.4 is 0 Å². The molecule has 212 valence electrons. The Bertz CT molecular complexity index is 1410. The van der Waals surface area contributed by atoms with Gasteiger partial charge in [0.05, 0.1) is 11.5 Å². The number of phenolic OH excluding ortho intramolecular Hbond substituents is 1. The Morgan fingerprint density at radius 1 is 1.07 bits per heavy atom. The van der Waals surface area contributed by atoms with Crippen LogP contribution in [-0.2, 0) is 32.0 Å². The van der Waals surface area contributed by atoms with Crippen LogP contribution in [-0.4, -0.2) is 44.7 Å². The van der Waals surface area contributed by atoms with Gasteiger partial charge in [0.25, 0.3) is 0 Å². The minimum atomic E-state index is -2.67. The summed E-state index contributed by atoms with van der Waals surface area (Å²) in [5.74, 6) is -8.62. The summed E-state index contributed by atoms with van der Waals surface area (Å²) in [6.45, 7) is 8.09. The minimum Gasteiger partial charge on any atom is -0.507 e. The van der Waals surface area contributed by atoms with Gasteiger partial charge in [0, 0.05) is 11.3 Å². The fourth-order valence-corrected chi connectivity index (χ4v) is 8.62. The van der Waals surface area contributed by atoms with Crippen LogP contribution in [0.4, 0.5) is 0 Å². The first-order valence-electron chi connectivity index (χ1n) is 14.3. The molecular formula is C33H38O7. The molecule has 0 radical (unpaired) electrons. The molecule has 0 bridgehead atoms. The second-order valence-electron chi connectivity index (χ2n) is 13.2. The van der Waals surface area contributed by atoms with Crippen LogP contribution in [0.3, 0.4) is 0 Å². The van der Waals surface area contributed by atoms with E-state index in [4.69, 9.17) is 0 Å². The molecule has 4 aliphatic carbocycles. The lowest BCUT2D eigenvalue weighted by Gasteiger charge is -2.61. The molecule has 2 N–H and O–H groups in total. The van der Waals surface area contributed by atoms with Crippen molar-refractivity contribution in [1.29, 1.82) is 0 Å². The number of ketones is 5. The number of aryl methyl sites for hydroxylation is 1. The highest BCUT2D eigenvalue weighted by Gasteiger charge is 2.76. The smallest absolute Gasteiger partial charge is 0.190 e. The van der Waals surface area contributed by atoms with E-state index in [0.29, 0.717) is 12.0 Å². The number of benzene rings is 1. The normalized spacial score (nSPS) is 35.0. The summed E-state index contributed by atoms with van der Waals surface area (Å²) in [6, 6.07) is 3.30. The molecule has 5 rings (SSSR count). The number of hydrogen-bond acceptors (Lipinski definition) is 7. The van der Waals surface area contributed by atoms with Gasteiger partial charge in [-0.3, -0.25) is 24.0 Å². The highest BCUT2D eigenvalue weighted by molar-refractivity contribution is 6.32. The number of carbonyl (C=O) groups excluding carboxylic acids is 5. The molecule has 40 heavy (non-hydrogen) atoms. The molecule has 3 unspecified atom stereocenters. The first-order chi connectivity index (χ1) is 18.7. The van der Waals surface area contributed by atoms with Gasteiger partial charge in [0.1, 0.15) is 17.5 Å². The third kappa shape index (κ3) is 3.76. The van der Waals surface area contributed by atoms with Gasteiger partial charge in [-0.05, 0) is 74.0 Å². The van der Waals surface area contributed by atoms with Crippen LogP contribution in [0.2, 0.25) is 0 Å². The number of carbonyl (C=O) groups is 5. The lowest BCUT2D eigenvalue weighted by Crippen LogP contribution is -2.76. The van der Waals surface area contributed by atoms with Crippen molar-refractivity contribution in [3.63, 3.8) is 0 Å². The number of aromatic hydroxyl groups is 1. The van der Waals surface area contributed by atoms with E-state index in [1.807, 2.05) is 19.1 Å². The zero-order valence-electron chi connectivity index (χ0n) is 23.9. The van der Waals surface area contributed by atoms with Gasteiger partial charge in [-0.2, -0.15) is 0 Å². The summed E-state index contributed by atoms with van der Waals surface area (Å²) < 4.78 is 0. The van der Waals surface area contributed by atoms with E-state index in [-0.39, 0.29) is 30.1 Å². The van der Waals surface area contributed by atoms with Gasteiger partial charge >= 0.3 is 0 Å². The van der Waals surface area contributed by atoms with Crippen molar-refractivity contribution in [2.45, 2.75) is 78.7 Å². The van der Waals surface area contributed by atoms with Crippen molar-refractivity contribution in [1.82, 2.24) is 0 Å². The minimum absolute atomic E-state index is 0.0662. The molecule has 7 nitrogen and oxygen atoms in total. The van der Waals surface area contributed by atoms with Gasteiger partial charge < -0.3 is 10.2 Å². The summed E-state index contributed by atoms with van der Waals surface area (Å²) in [5.41, 5.74) is -2.13. The lowest BCUT2D eigenvalue weighted by molar-refractivity contribution is -0.205. The van der Waals surface area contributed by atoms with E-state index in [1.165, 1.54) is 11.6 Å². The zero-order chi connectivity index (χ0) is 29.4. The van der Waals surface area contributed by atoms with Crippen molar-refractivity contribution < 1.29 is 34.2 Å². The first kappa shape index (κ1) is 28.3. The van der Waals surface area contributed by atoms with Crippen molar-refractivity contribution in [3.05, 3.63) is 52.6 Å². The summed E-state index contributed by atoms with van der Waals surface area (Å²) in [5, 5.41) is 22.9. The molecular weight excluding hydrogens is 508 g/mol. The number of Topliss-reactive ketones (excluding diaryl/α,β-unsaturated/α-hetero) is 5. The average molecular weight is 547 g/mol. The van der Waals surface area contributed by atoms with Crippen LogP contribution in [0.15, 0.2) is 35.9 Å². The Labute approximate surface area is 234 Å². The van der Waals surface area contributed by atoms with Gasteiger partial charge in [-0.15, -0.1) is 0 Å². The van der Waals surface area contributed by atoms with Crippen LogP contribution >= 0.6 is 0 Å². The highest BCUT2D eigenvalue weighted by Crippen LogP contribution is 2.63. The third-order valence-electron chi connectivity index (χ3n) is 10.2. The van der Waals surface area contributed by atoms with Crippen molar-refractivity contribution in [2.75, 3.05) is 0 Å². The Morgan fingerprint density at radius 2 is 1.77 bits per heavy atom. The molecule has 0 aromatic heterocycles. The van der Waals surface area contributed by atoms with Crippen molar-refractivity contribution >= 4 is 28.9 Å². The largest absolute Gasteiger partial charge is 0.507 e. The lowest BCUT2D eigenvalue weighted by atomic mass is 9.40. The van der Waals surface area contributed by atoms with Crippen molar-refractivity contribution in [2.24, 2.45) is 34.5 Å². The average Bonchev–Trinajstić information content (AvgIpc) is 3.36. The molecule has 2 fully saturated rings. The summed E-state index contributed by atoms with van der Waals surface area (Å²) in [4.78, 5) is 68.2. The second-order valence-corrected chi connectivity index (χ2v) is 13.2. The molecule has 6 atom stereocenters. The van der Waals surface area contributed by atoms with E-state index in [9.17, 15) is 34.2 Å². The number of fused-ring (bicyclic) bond motifs is 3. The molecule has 7 heteroatoms. The Balaban J connectivity index is 1.60. The Morgan fingerprint density at radius 3 is 2.38 bits per heavy atom. The van der Waals surface area contributed by atoms with Gasteiger partial charge in [0.2, 0.25) is 0 Å². The topological polar surface area (TPSA) is 126 Å². The zero-order valence-corrected chi connectivity index (χ0v) is 23.9. The predicted octanol–water partition coefficient (Wildman–Crippen LogP) is 4.30. The molecule has 0 aliphatic heterocycles. The number of aliphatic hydroxyl groups is 1. The Hall–Kier alpha value is -3.19. The fraction of sp³-hybridized carbons (Fsp3) is 0.545. The van der Waals surface area contributed by atoms with E-state index in [1.54, 1.807) is 20.8 Å². The van der Waals surface area contributed by atoms with Gasteiger partial charge in [-0.1, -0.05) is 57.6 Å². The van der Waals surface area contributed by atoms with E-state index in [0.717, 1.165) is 31.7 Å². The SMILES string of the molecule is CC(=O)C1C(=O)C(C(C)C)[C@@]2(C)C[C@@]3(C)Cc4c(CCCC5=CC=CC5)ccc(O)c4C(=O)C3C(=O)[C@@]2(O)C1=O. The maximum atomic E-state index is 14.3. The summed E-state index contributed by atoms with van der Waals surface area (Å²) in [6.07, 6.45) is 10.0. The maximum absolute atomic E-state index is 14.3. The number of phenols is 1. The van der Waals surface area contributed by atoms with Crippen LogP contribution in [0.25, 0.3) is 0 Å². The molecule has 2 saturated carbocycles. The third-order valence-corrected chi connectivity index (χ3v) is 10.2. The molecule has 1 aromatic rings. The maximum Gasteiger partial charge on any atom is 0.190 e. The van der Waals surface area contributed by atoms with Crippen molar-refractivity contribution in [3.8, 4) is 5.75 Å². The van der Waals surface area contributed by atoms with E-state index < -0.39 is 63.1 Å². The van der Waals surface area contributed by atoms with Gasteiger partial charge in [0.15, 0.2) is 28.7 Å². The van der Waals surface area contributed by atoms with E-state index in [2.05, 4.69) is 12.2 Å². The molecule has 0 spiro atoms. The summed E-state index contributed by atoms with van der Waals surface area (Å²) in [7, 11) is 0. The number of allylic oxidation sites excluding steroid dienone is 4. The van der Waals surface area contributed by atoms with E-state index >= 15 is 0 Å². The summed E-state index contributed by atoms with van der Waals surface area (Å²) >= 11 is 0. The highest BCUT2D eigenvalue weighted by atomic mass is 16.3. The molecule has 4 aliphatic rings. The Kier molecular flexibility index (Phi) is 6.69. The predicted molar refractivity (Wildman–Crippen MR) is 148 cm³/mol. The fourth-order valence-electron chi connectivity index (χ4n) is 8.62. The number of rotatable bonds is 6.